The summed E-state index contributed by atoms with van der Waals surface area (Å²) in [4.78, 5) is 23.5. The van der Waals surface area contributed by atoms with Crippen LogP contribution in [-0.4, -0.2) is 29.9 Å². The van der Waals surface area contributed by atoms with Gasteiger partial charge in [-0.15, -0.1) is 0 Å². The molecule has 0 spiro atoms. The molecule has 1 aromatic carbocycles. The number of rotatable bonds is 3. The average Bonchev–Trinajstić information content (AvgIpc) is 2.52. The third kappa shape index (κ3) is 3.11. The van der Waals surface area contributed by atoms with E-state index in [1.807, 2.05) is 0 Å². The normalized spacial score (nSPS) is 20.3. The van der Waals surface area contributed by atoms with Crippen molar-refractivity contribution in [3.63, 3.8) is 0 Å². The van der Waals surface area contributed by atoms with Crippen LogP contribution in [0.1, 0.15) is 43.6 Å². The van der Waals surface area contributed by atoms with E-state index in [9.17, 15) is 14.0 Å². The van der Waals surface area contributed by atoms with Crippen LogP contribution in [0.2, 0.25) is 0 Å². The lowest BCUT2D eigenvalue weighted by Crippen LogP contribution is -2.44. The van der Waals surface area contributed by atoms with Crippen LogP contribution < -0.4 is 10.7 Å². The molecule has 2 saturated heterocycles. The van der Waals surface area contributed by atoms with E-state index in [0.717, 1.165) is 30.9 Å². The molecule has 2 heterocycles. The van der Waals surface area contributed by atoms with Gasteiger partial charge in [0.2, 0.25) is 11.8 Å². The fraction of sp³-hybridized carbons (Fsp3) is 0.500. The molecule has 0 aliphatic carbocycles. The van der Waals surface area contributed by atoms with Gasteiger partial charge in [-0.3, -0.25) is 15.0 Å². The standard InChI is InChI=1S/C16H20FN3O2/c17-14-10-12(19-20-15(21)2-1-3-16(20)22)4-5-13(14)11-6-8-18-9-7-11/h4-5,10-11,18-19H,1-3,6-9H2. The van der Waals surface area contributed by atoms with Gasteiger partial charge in [0, 0.05) is 12.8 Å². The second-order valence-electron chi connectivity index (χ2n) is 5.85. The average molecular weight is 305 g/mol. The van der Waals surface area contributed by atoms with Crippen molar-refractivity contribution in [1.82, 2.24) is 10.3 Å². The lowest BCUT2D eigenvalue weighted by atomic mass is 9.90. The number of halogens is 1. The number of imide groups is 1. The first-order chi connectivity index (χ1) is 10.6. The number of benzene rings is 1. The van der Waals surface area contributed by atoms with Crippen molar-refractivity contribution in [3.8, 4) is 0 Å². The van der Waals surface area contributed by atoms with E-state index in [2.05, 4.69) is 10.7 Å². The maximum absolute atomic E-state index is 14.3. The van der Waals surface area contributed by atoms with Crippen LogP contribution in [0.5, 0.6) is 0 Å². The van der Waals surface area contributed by atoms with Crippen LogP contribution in [0.4, 0.5) is 10.1 Å². The van der Waals surface area contributed by atoms with Gasteiger partial charge in [0.15, 0.2) is 0 Å². The summed E-state index contributed by atoms with van der Waals surface area (Å²) in [6, 6.07) is 4.86. The Balaban J connectivity index is 1.74. The van der Waals surface area contributed by atoms with Gasteiger partial charge < -0.3 is 5.32 Å². The van der Waals surface area contributed by atoms with E-state index >= 15 is 0 Å². The van der Waals surface area contributed by atoms with Crippen molar-refractivity contribution < 1.29 is 14.0 Å². The molecule has 0 atom stereocenters. The molecule has 0 radical (unpaired) electrons. The van der Waals surface area contributed by atoms with Gasteiger partial charge in [0.25, 0.3) is 0 Å². The first-order valence-electron chi connectivity index (χ1n) is 7.78. The smallest absolute Gasteiger partial charge is 0.248 e. The van der Waals surface area contributed by atoms with E-state index < -0.39 is 0 Å². The van der Waals surface area contributed by atoms with E-state index in [0.29, 0.717) is 30.5 Å². The topological polar surface area (TPSA) is 61.4 Å². The second-order valence-corrected chi connectivity index (χ2v) is 5.85. The summed E-state index contributed by atoms with van der Waals surface area (Å²) < 4.78 is 14.3. The maximum Gasteiger partial charge on any atom is 0.248 e. The highest BCUT2D eigenvalue weighted by molar-refractivity contribution is 5.98. The van der Waals surface area contributed by atoms with E-state index in [-0.39, 0.29) is 23.5 Å². The first-order valence-corrected chi connectivity index (χ1v) is 7.78. The quantitative estimate of drug-likeness (QED) is 0.840. The molecule has 2 aliphatic heterocycles. The summed E-state index contributed by atoms with van der Waals surface area (Å²) >= 11 is 0. The number of nitrogens with one attached hydrogen (secondary N) is 2. The molecule has 2 aliphatic rings. The zero-order valence-electron chi connectivity index (χ0n) is 12.4. The predicted molar refractivity (Wildman–Crippen MR) is 80.6 cm³/mol. The van der Waals surface area contributed by atoms with Gasteiger partial charge in [-0.2, -0.15) is 5.01 Å². The summed E-state index contributed by atoms with van der Waals surface area (Å²) in [5, 5.41) is 4.27. The number of carbonyl (C=O) groups excluding carboxylic acids is 2. The monoisotopic (exact) mass is 305 g/mol. The van der Waals surface area contributed by atoms with Crippen LogP contribution in [0.15, 0.2) is 18.2 Å². The highest BCUT2D eigenvalue weighted by Gasteiger charge is 2.26. The van der Waals surface area contributed by atoms with Gasteiger partial charge in [-0.25, -0.2) is 4.39 Å². The molecular weight excluding hydrogens is 285 g/mol. The number of piperidine rings is 2. The minimum absolute atomic E-state index is 0.230. The molecule has 2 amide bonds. The SMILES string of the molecule is O=C1CCCC(=O)N1Nc1ccc(C2CCNCC2)c(F)c1. The Morgan fingerprint density at radius 3 is 2.45 bits per heavy atom. The molecule has 6 heteroatoms. The Morgan fingerprint density at radius 1 is 1.14 bits per heavy atom. The van der Waals surface area contributed by atoms with Gasteiger partial charge >= 0.3 is 0 Å². The van der Waals surface area contributed by atoms with Crippen molar-refractivity contribution in [3.05, 3.63) is 29.6 Å². The Hall–Kier alpha value is -1.95. The molecule has 0 unspecified atom stereocenters. The Kier molecular flexibility index (Phi) is 4.38. The van der Waals surface area contributed by atoms with Crippen molar-refractivity contribution in [1.29, 1.82) is 0 Å². The summed E-state index contributed by atoms with van der Waals surface area (Å²) in [5.41, 5.74) is 3.87. The molecule has 1 aromatic rings. The van der Waals surface area contributed by atoms with Crippen LogP contribution in [0.25, 0.3) is 0 Å². The molecule has 0 bridgehead atoms. The minimum Gasteiger partial charge on any atom is -0.317 e. The Morgan fingerprint density at radius 2 is 1.82 bits per heavy atom. The third-order valence-corrected chi connectivity index (χ3v) is 4.30. The van der Waals surface area contributed by atoms with Gasteiger partial charge in [-0.1, -0.05) is 6.07 Å². The van der Waals surface area contributed by atoms with Crippen LogP contribution >= 0.6 is 0 Å². The van der Waals surface area contributed by atoms with E-state index in [4.69, 9.17) is 0 Å². The first kappa shape index (κ1) is 15.0. The molecule has 118 valence electrons. The molecule has 5 nitrogen and oxygen atoms in total. The number of carbonyl (C=O) groups is 2. The van der Waals surface area contributed by atoms with E-state index in [1.54, 1.807) is 12.1 Å². The summed E-state index contributed by atoms with van der Waals surface area (Å²) in [6.07, 6.45) is 3.11. The van der Waals surface area contributed by atoms with Gasteiger partial charge in [0.05, 0.1) is 5.69 Å². The number of hydrogen-bond donors (Lipinski definition) is 2. The van der Waals surface area contributed by atoms with Crippen molar-refractivity contribution in [2.75, 3.05) is 18.5 Å². The highest BCUT2D eigenvalue weighted by atomic mass is 19.1. The molecule has 2 fully saturated rings. The zero-order valence-corrected chi connectivity index (χ0v) is 12.4. The number of hydrazine groups is 1. The summed E-state index contributed by atoms with van der Waals surface area (Å²) in [6.45, 7) is 1.81. The van der Waals surface area contributed by atoms with Crippen LogP contribution in [0, 0.1) is 5.82 Å². The summed E-state index contributed by atoms with van der Waals surface area (Å²) in [5.74, 6) is -0.583. The molecule has 3 rings (SSSR count). The lowest BCUT2D eigenvalue weighted by Gasteiger charge is -2.27. The Bertz CT molecular complexity index is 569. The number of nitrogens with zero attached hydrogens (tertiary/aromatic N) is 1. The predicted octanol–water partition coefficient (Wildman–Crippen LogP) is 2.16. The zero-order chi connectivity index (χ0) is 15.5. The minimum atomic E-state index is -0.284. The molecule has 2 N–H and O–H groups in total. The van der Waals surface area contributed by atoms with Crippen molar-refractivity contribution >= 4 is 17.5 Å². The largest absolute Gasteiger partial charge is 0.317 e. The van der Waals surface area contributed by atoms with E-state index in [1.165, 1.54) is 6.07 Å². The molecule has 0 saturated carbocycles. The number of amides is 2. The molecular formula is C16H20FN3O2. The second kappa shape index (κ2) is 6.44. The fourth-order valence-electron chi connectivity index (χ4n) is 3.07. The maximum atomic E-state index is 14.3. The third-order valence-electron chi connectivity index (χ3n) is 4.30. The number of anilines is 1. The van der Waals surface area contributed by atoms with Gasteiger partial charge in [0.1, 0.15) is 5.82 Å². The Labute approximate surface area is 128 Å². The summed E-state index contributed by atoms with van der Waals surface area (Å²) in [7, 11) is 0. The van der Waals surface area contributed by atoms with Crippen molar-refractivity contribution in [2.45, 2.75) is 38.0 Å². The lowest BCUT2D eigenvalue weighted by molar-refractivity contribution is -0.146. The molecule has 22 heavy (non-hydrogen) atoms. The molecule has 0 aromatic heterocycles. The number of hydrogen-bond acceptors (Lipinski definition) is 4. The van der Waals surface area contributed by atoms with Crippen LogP contribution in [0.3, 0.4) is 0 Å². The van der Waals surface area contributed by atoms with Crippen LogP contribution in [-0.2, 0) is 9.59 Å². The van der Waals surface area contributed by atoms with Crippen molar-refractivity contribution in [2.24, 2.45) is 0 Å². The fourth-order valence-corrected chi connectivity index (χ4v) is 3.07. The highest BCUT2D eigenvalue weighted by Crippen LogP contribution is 2.29. The van der Waals surface area contributed by atoms with Gasteiger partial charge in [-0.05, 0) is 56.0 Å².